The second-order valence-electron chi connectivity index (χ2n) is 7.90. The Morgan fingerprint density at radius 2 is 1.79 bits per heavy atom. The van der Waals surface area contributed by atoms with Crippen LogP contribution in [0.3, 0.4) is 0 Å². The molecule has 10 nitrogen and oxygen atoms in total. The van der Waals surface area contributed by atoms with E-state index in [2.05, 4.69) is 15.5 Å². The Balaban J connectivity index is 1.20. The quantitative estimate of drug-likeness (QED) is 0.442. The molecule has 1 aliphatic heterocycles. The van der Waals surface area contributed by atoms with Crippen LogP contribution in [-0.2, 0) is 14.8 Å². The molecule has 2 aromatic carbocycles. The number of sulfonamides is 1. The number of ether oxygens (including phenoxy) is 1. The molecule has 1 amide bonds. The maximum absolute atomic E-state index is 12.9. The number of rotatable bonds is 6. The van der Waals surface area contributed by atoms with Gasteiger partial charge in [-0.1, -0.05) is 23.3 Å². The van der Waals surface area contributed by atoms with Crippen LogP contribution >= 0.6 is 0 Å². The van der Waals surface area contributed by atoms with Gasteiger partial charge in [-0.2, -0.15) is 4.31 Å². The van der Waals surface area contributed by atoms with Crippen molar-refractivity contribution in [2.45, 2.75) is 17.7 Å². The smallest absolute Gasteiger partial charge is 0.322 e. The van der Waals surface area contributed by atoms with Crippen LogP contribution in [0.25, 0.3) is 22.6 Å². The first-order chi connectivity index (χ1) is 16.4. The molecule has 1 saturated heterocycles. The van der Waals surface area contributed by atoms with Crippen molar-refractivity contribution in [3.8, 4) is 17.4 Å². The van der Waals surface area contributed by atoms with Gasteiger partial charge in [0.1, 0.15) is 11.3 Å². The highest BCUT2D eigenvalue weighted by atomic mass is 32.2. The van der Waals surface area contributed by atoms with E-state index in [-0.39, 0.29) is 41.7 Å². The molecule has 4 aromatic rings. The maximum atomic E-state index is 12.9. The number of amides is 1. The lowest BCUT2D eigenvalue weighted by Crippen LogP contribution is -2.41. The van der Waals surface area contributed by atoms with Gasteiger partial charge in [-0.25, -0.2) is 8.42 Å². The molecule has 5 rings (SSSR count). The monoisotopic (exact) mass is 482 g/mol. The van der Waals surface area contributed by atoms with Crippen LogP contribution in [0.5, 0.6) is 5.75 Å². The number of benzene rings is 2. The summed E-state index contributed by atoms with van der Waals surface area (Å²) < 4.78 is 43.5. The van der Waals surface area contributed by atoms with Gasteiger partial charge in [0.05, 0.1) is 12.0 Å². The van der Waals surface area contributed by atoms with Crippen molar-refractivity contribution in [1.29, 1.82) is 0 Å². The summed E-state index contributed by atoms with van der Waals surface area (Å²) >= 11 is 0. The summed E-state index contributed by atoms with van der Waals surface area (Å²) in [6, 6.07) is 15.5. The van der Waals surface area contributed by atoms with E-state index < -0.39 is 10.0 Å². The largest absolute Gasteiger partial charge is 0.497 e. The number of hydrogen-bond acceptors (Lipinski definition) is 8. The number of aromatic nitrogens is 2. The van der Waals surface area contributed by atoms with Crippen molar-refractivity contribution >= 4 is 32.9 Å². The Morgan fingerprint density at radius 3 is 2.50 bits per heavy atom. The number of piperidine rings is 1. The first-order valence-electron chi connectivity index (χ1n) is 10.7. The van der Waals surface area contributed by atoms with Crippen LogP contribution in [0.1, 0.15) is 12.8 Å². The zero-order chi connectivity index (χ0) is 23.7. The number of furan rings is 1. The van der Waals surface area contributed by atoms with E-state index in [9.17, 15) is 13.2 Å². The van der Waals surface area contributed by atoms with Gasteiger partial charge in [0.15, 0.2) is 5.76 Å². The number of carbonyl (C=O) groups excluding carboxylic acids is 1. The van der Waals surface area contributed by atoms with E-state index in [1.165, 1.54) is 23.5 Å². The van der Waals surface area contributed by atoms with Gasteiger partial charge < -0.3 is 13.6 Å². The third-order valence-corrected chi connectivity index (χ3v) is 7.73. The predicted octanol–water partition coefficient (Wildman–Crippen LogP) is 3.53. The molecular formula is C23H22N4O6S. The summed E-state index contributed by atoms with van der Waals surface area (Å²) in [4.78, 5) is 12.9. The molecule has 0 spiro atoms. The summed E-state index contributed by atoms with van der Waals surface area (Å²) in [6.07, 6.45) is 0.761. The summed E-state index contributed by atoms with van der Waals surface area (Å²) in [6.45, 7) is 0.473. The Hall–Kier alpha value is -3.70. The van der Waals surface area contributed by atoms with E-state index in [0.29, 0.717) is 29.9 Å². The highest BCUT2D eigenvalue weighted by molar-refractivity contribution is 7.89. The number of hydrogen-bond donors (Lipinski definition) is 1. The van der Waals surface area contributed by atoms with Gasteiger partial charge in [-0.3, -0.25) is 10.1 Å². The molecule has 0 saturated carbocycles. The Bertz CT molecular complexity index is 1390. The van der Waals surface area contributed by atoms with Gasteiger partial charge in [-0.05, 0) is 49.2 Å². The van der Waals surface area contributed by atoms with Crippen molar-refractivity contribution in [2.75, 3.05) is 25.5 Å². The van der Waals surface area contributed by atoms with Crippen LogP contribution in [0, 0.1) is 5.92 Å². The second kappa shape index (κ2) is 8.92. The average Bonchev–Trinajstić information content (AvgIpc) is 3.51. The number of nitrogens with one attached hydrogen (secondary N) is 1. The summed E-state index contributed by atoms with van der Waals surface area (Å²) in [5.74, 6) is 0.488. The molecule has 0 atom stereocenters. The normalized spacial score (nSPS) is 15.4. The van der Waals surface area contributed by atoms with Crippen LogP contribution in [0.15, 0.2) is 68.3 Å². The number of carbonyl (C=O) groups is 1. The summed E-state index contributed by atoms with van der Waals surface area (Å²) in [5.41, 5.74) is 0.692. The minimum atomic E-state index is -3.64. The first kappa shape index (κ1) is 22.1. The molecule has 2 aromatic heterocycles. The van der Waals surface area contributed by atoms with Gasteiger partial charge in [0.2, 0.25) is 15.9 Å². The fourth-order valence-corrected chi connectivity index (χ4v) is 5.39. The Labute approximate surface area is 195 Å². The van der Waals surface area contributed by atoms with Crippen molar-refractivity contribution in [1.82, 2.24) is 14.5 Å². The van der Waals surface area contributed by atoms with E-state index in [1.54, 1.807) is 18.2 Å². The van der Waals surface area contributed by atoms with Crippen molar-refractivity contribution in [3.05, 3.63) is 54.6 Å². The Morgan fingerprint density at radius 1 is 1.06 bits per heavy atom. The number of para-hydroxylation sites is 1. The van der Waals surface area contributed by atoms with Crippen LogP contribution < -0.4 is 10.1 Å². The molecule has 1 fully saturated rings. The minimum Gasteiger partial charge on any atom is -0.497 e. The zero-order valence-corrected chi connectivity index (χ0v) is 19.1. The molecule has 1 aliphatic rings. The number of fused-ring (bicyclic) bond motifs is 1. The van der Waals surface area contributed by atoms with Crippen molar-refractivity contribution in [2.24, 2.45) is 5.92 Å². The minimum absolute atomic E-state index is 0.0336. The molecule has 0 unspecified atom stereocenters. The topological polar surface area (TPSA) is 128 Å². The molecule has 3 heterocycles. The molecule has 11 heteroatoms. The summed E-state index contributed by atoms with van der Waals surface area (Å²) in [7, 11) is -2.12. The molecule has 176 valence electrons. The molecule has 0 bridgehead atoms. The van der Waals surface area contributed by atoms with E-state index in [0.717, 1.165) is 5.39 Å². The highest BCUT2D eigenvalue weighted by Gasteiger charge is 2.32. The number of methoxy groups -OCH3 is 1. The highest BCUT2D eigenvalue weighted by Crippen LogP contribution is 2.29. The molecule has 0 aliphatic carbocycles. The maximum Gasteiger partial charge on any atom is 0.322 e. The van der Waals surface area contributed by atoms with Crippen LogP contribution in [-0.4, -0.2) is 49.0 Å². The predicted molar refractivity (Wildman–Crippen MR) is 123 cm³/mol. The van der Waals surface area contributed by atoms with Crippen molar-refractivity contribution < 1.29 is 26.8 Å². The molecular weight excluding hydrogens is 460 g/mol. The van der Waals surface area contributed by atoms with Gasteiger partial charge in [0, 0.05) is 24.4 Å². The standard InChI is InChI=1S/C23H22N4O6S/c1-31-17-6-8-18(9-7-17)34(29,30)27-12-10-15(11-13-27)21(28)24-23-26-25-22(33-23)20-14-16-4-2-3-5-19(16)32-20/h2-9,14-15H,10-13H2,1H3,(H,24,26,28). The van der Waals surface area contributed by atoms with Gasteiger partial charge in [-0.15, -0.1) is 5.10 Å². The van der Waals surface area contributed by atoms with E-state index in [1.807, 2.05) is 24.3 Å². The van der Waals surface area contributed by atoms with E-state index in [4.69, 9.17) is 13.6 Å². The lowest BCUT2D eigenvalue weighted by Gasteiger charge is -2.30. The lowest BCUT2D eigenvalue weighted by atomic mass is 9.97. The first-order valence-corrected chi connectivity index (χ1v) is 12.2. The fraction of sp³-hybridized carbons (Fsp3) is 0.261. The van der Waals surface area contributed by atoms with Gasteiger partial charge >= 0.3 is 6.01 Å². The molecule has 1 N–H and O–H groups in total. The lowest BCUT2D eigenvalue weighted by molar-refractivity contribution is -0.121. The van der Waals surface area contributed by atoms with Crippen LogP contribution in [0.2, 0.25) is 0 Å². The zero-order valence-electron chi connectivity index (χ0n) is 18.3. The van der Waals surface area contributed by atoms with Crippen LogP contribution in [0.4, 0.5) is 6.01 Å². The molecule has 34 heavy (non-hydrogen) atoms. The van der Waals surface area contributed by atoms with Crippen molar-refractivity contribution in [3.63, 3.8) is 0 Å². The van der Waals surface area contributed by atoms with Gasteiger partial charge in [0.25, 0.3) is 5.89 Å². The fourth-order valence-electron chi connectivity index (χ4n) is 3.92. The SMILES string of the molecule is COc1ccc(S(=O)(=O)N2CCC(C(=O)Nc3nnc(-c4cc5ccccc5o4)o3)CC2)cc1. The van der Waals surface area contributed by atoms with E-state index >= 15 is 0 Å². The molecule has 0 radical (unpaired) electrons. The Kier molecular flexibility index (Phi) is 5.80. The second-order valence-corrected chi connectivity index (χ2v) is 9.84. The third kappa shape index (κ3) is 4.27. The summed E-state index contributed by atoms with van der Waals surface area (Å²) in [5, 5.41) is 11.4. The third-order valence-electron chi connectivity index (χ3n) is 5.81. The number of anilines is 1. The average molecular weight is 483 g/mol. The number of nitrogens with zero attached hydrogens (tertiary/aromatic N) is 3.